The quantitative estimate of drug-likeness (QED) is 0.762. The van der Waals surface area contributed by atoms with Crippen LogP contribution in [0.1, 0.15) is 31.5 Å². The van der Waals surface area contributed by atoms with Crippen molar-refractivity contribution in [1.82, 2.24) is 14.3 Å². The van der Waals surface area contributed by atoms with E-state index in [-0.39, 0.29) is 22.9 Å². The first kappa shape index (κ1) is 19.0. The molecular formula is C22H29N3O3. The second kappa shape index (κ2) is 6.34. The van der Waals surface area contributed by atoms with Crippen LogP contribution in [0.25, 0.3) is 5.69 Å². The summed E-state index contributed by atoms with van der Waals surface area (Å²) in [6.07, 6.45) is 0.843. The minimum Gasteiger partial charge on any atom is -0.469 e. The van der Waals surface area contributed by atoms with Crippen LogP contribution in [0.2, 0.25) is 0 Å². The predicted molar refractivity (Wildman–Crippen MR) is 107 cm³/mol. The fourth-order valence-corrected chi connectivity index (χ4v) is 5.62. The summed E-state index contributed by atoms with van der Waals surface area (Å²) in [6, 6.07) is 9.69. The van der Waals surface area contributed by atoms with Gasteiger partial charge in [-0.05, 0) is 36.8 Å². The summed E-state index contributed by atoms with van der Waals surface area (Å²) in [7, 11) is 3.39. The van der Waals surface area contributed by atoms with E-state index < -0.39 is 5.41 Å². The lowest BCUT2D eigenvalue weighted by atomic mass is 9.48. The molecule has 1 aliphatic carbocycles. The third-order valence-corrected chi connectivity index (χ3v) is 6.98. The van der Waals surface area contributed by atoms with Gasteiger partial charge in [-0.3, -0.25) is 19.2 Å². The van der Waals surface area contributed by atoms with Crippen molar-refractivity contribution in [3.8, 4) is 5.69 Å². The number of benzene rings is 1. The SMILES string of the molecule is COC(=O)[C@@]12CN(Cc3c(C)n(C)n(-c4ccccc4)c3=O)C[C@@H]1C(C)(C)C2. The Morgan fingerprint density at radius 1 is 1.25 bits per heavy atom. The summed E-state index contributed by atoms with van der Waals surface area (Å²) in [5, 5.41) is 0. The summed E-state index contributed by atoms with van der Waals surface area (Å²) < 4.78 is 8.78. The first-order chi connectivity index (χ1) is 13.2. The topological polar surface area (TPSA) is 56.5 Å². The molecule has 1 saturated heterocycles. The van der Waals surface area contributed by atoms with E-state index in [0.717, 1.165) is 29.9 Å². The zero-order valence-electron chi connectivity index (χ0n) is 17.4. The first-order valence-corrected chi connectivity index (χ1v) is 9.85. The standard InChI is InChI=1S/C22H29N3O3/c1-15-17(19(26)25(23(15)4)16-9-7-6-8-10-16)11-24-12-18-21(2,3)13-22(18,14-24)20(27)28-5/h6-10,18H,11-14H2,1-5H3/t18-,22+/m1/s1. The van der Waals surface area contributed by atoms with Crippen molar-refractivity contribution in [2.45, 2.75) is 33.7 Å². The second-order valence-corrected chi connectivity index (χ2v) is 9.08. The molecule has 2 aliphatic rings. The number of esters is 1. The molecule has 150 valence electrons. The highest BCUT2D eigenvalue weighted by molar-refractivity contribution is 5.80. The molecule has 2 heterocycles. The van der Waals surface area contributed by atoms with Crippen LogP contribution in [-0.4, -0.2) is 40.4 Å². The van der Waals surface area contributed by atoms with Crippen LogP contribution in [0.15, 0.2) is 35.1 Å². The second-order valence-electron chi connectivity index (χ2n) is 9.08. The van der Waals surface area contributed by atoms with Gasteiger partial charge in [-0.1, -0.05) is 32.0 Å². The van der Waals surface area contributed by atoms with Gasteiger partial charge in [0.25, 0.3) is 5.56 Å². The monoisotopic (exact) mass is 383 g/mol. The summed E-state index contributed by atoms with van der Waals surface area (Å²) in [5.41, 5.74) is 2.33. The molecule has 0 unspecified atom stereocenters. The number of nitrogens with zero attached hydrogens (tertiary/aromatic N) is 3. The van der Waals surface area contributed by atoms with Crippen molar-refractivity contribution >= 4 is 5.97 Å². The van der Waals surface area contributed by atoms with Crippen LogP contribution in [0.3, 0.4) is 0 Å². The van der Waals surface area contributed by atoms with E-state index in [1.165, 1.54) is 7.11 Å². The molecule has 0 spiro atoms. The van der Waals surface area contributed by atoms with E-state index in [0.29, 0.717) is 13.1 Å². The van der Waals surface area contributed by atoms with Gasteiger partial charge in [0, 0.05) is 32.4 Å². The van der Waals surface area contributed by atoms with Crippen molar-refractivity contribution in [3.63, 3.8) is 0 Å². The van der Waals surface area contributed by atoms with E-state index in [2.05, 4.69) is 18.7 Å². The highest BCUT2D eigenvalue weighted by Crippen LogP contribution is 2.63. The van der Waals surface area contributed by atoms with E-state index in [9.17, 15) is 9.59 Å². The fraction of sp³-hybridized carbons (Fsp3) is 0.545. The molecule has 1 saturated carbocycles. The summed E-state index contributed by atoms with van der Waals surface area (Å²) >= 11 is 0. The van der Waals surface area contributed by atoms with Gasteiger partial charge >= 0.3 is 5.97 Å². The largest absolute Gasteiger partial charge is 0.469 e. The Labute approximate surface area is 165 Å². The highest BCUT2D eigenvalue weighted by Gasteiger charge is 2.67. The lowest BCUT2D eigenvalue weighted by Gasteiger charge is -2.54. The molecule has 2 fully saturated rings. The number of carbonyl (C=O) groups excluding carboxylic acids is 1. The summed E-state index contributed by atoms with van der Waals surface area (Å²) in [6.45, 7) is 8.47. The van der Waals surface area contributed by atoms with Gasteiger partial charge in [0.15, 0.2) is 0 Å². The van der Waals surface area contributed by atoms with Crippen LogP contribution in [0.4, 0.5) is 0 Å². The van der Waals surface area contributed by atoms with E-state index in [4.69, 9.17) is 4.74 Å². The normalized spacial score (nSPS) is 26.0. The number of para-hydroxylation sites is 1. The van der Waals surface area contributed by atoms with E-state index in [1.54, 1.807) is 4.68 Å². The average molecular weight is 383 g/mol. The minimum atomic E-state index is -0.417. The van der Waals surface area contributed by atoms with Gasteiger partial charge in [0.1, 0.15) is 0 Å². The zero-order valence-corrected chi connectivity index (χ0v) is 17.4. The summed E-state index contributed by atoms with van der Waals surface area (Å²) in [5.74, 6) is 0.165. The van der Waals surface area contributed by atoms with Gasteiger partial charge < -0.3 is 4.74 Å². The number of methoxy groups -OCH3 is 1. The smallest absolute Gasteiger partial charge is 0.313 e. The zero-order chi connectivity index (χ0) is 20.3. The average Bonchev–Trinajstić information content (AvgIpc) is 3.10. The molecule has 0 N–H and O–H groups in total. The molecule has 0 radical (unpaired) electrons. The molecule has 28 heavy (non-hydrogen) atoms. The lowest BCUT2D eigenvalue weighted by molar-refractivity contribution is -0.174. The summed E-state index contributed by atoms with van der Waals surface area (Å²) in [4.78, 5) is 28.0. The number of carbonyl (C=O) groups is 1. The van der Waals surface area contributed by atoms with Crippen molar-refractivity contribution in [2.75, 3.05) is 20.2 Å². The number of rotatable bonds is 4. The van der Waals surface area contributed by atoms with Crippen LogP contribution in [0.5, 0.6) is 0 Å². The number of fused-ring (bicyclic) bond motifs is 1. The van der Waals surface area contributed by atoms with Gasteiger partial charge in [-0.2, -0.15) is 0 Å². The molecule has 0 bridgehead atoms. The molecule has 6 nitrogen and oxygen atoms in total. The van der Waals surface area contributed by atoms with Crippen molar-refractivity contribution in [3.05, 3.63) is 51.9 Å². The maximum absolute atomic E-state index is 13.2. The number of hydrogen-bond acceptors (Lipinski definition) is 4. The Kier molecular flexibility index (Phi) is 4.30. The van der Waals surface area contributed by atoms with Crippen molar-refractivity contribution in [2.24, 2.45) is 23.8 Å². The molecule has 0 amide bonds. The van der Waals surface area contributed by atoms with Crippen LogP contribution in [-0.2, 0) is 23.1 Å². The molecule has 1 aliphatic heterocycles. The molecule has 1 aromatic heterocycles. The maximum atomic E-state index is 13.2. The molecule has 6 heteroatoms. The first-order valence-electron chi connectivity index (χ1n) is 9.85. The Balaban J connectivity index is 1.65. The van der Waals surface area contributed by atoms with Gasteiger partial charge in [0.2, 0.25) is 0 Å². The number of ether oxygens (including phenoxy) is 1. The third-order valence-electron chi connectivity index (χ3n) is 6.98. The molecule has 1 aromatic carbocycles. The molecule has 4 rings (SSSR count). The van der Waals surface area contributed by atoms with E-state index >= 15 is 0 Å². The van der Waals surface area contributed by atoms with Crippen LogP contribution in [0, 0.1) is 23.7 Å². The van der Waals surface area contributed by atoms with E-state index in [1.807, 2.05) is 49.0 Å². The number of aromatic nitrogens is 2. The minimum absolute atomic E-state index is 0.0109. The van der Waals surface area contributed by atoms with Crippen molar-refractivity contribution < 1.29 is 9.53 Å². The Morgan fingerprint density at radius 2 is 1.93 bits per heavy atom. The third kappa shape index (κ3) is 2.58. The maximum Gasteiger partial charge on any atom is 0.313 e. The lowest BCUT2D eigenvalue weighted by Crippen LogP contribution is -2.57. The fourth-order valence-electron chi connectivity index (χ4n) is 5.62. The van der Waals surface area contributed by atoms with Gasteiger partial charge in [-0.15, -0.1) is 0 Å². The Hall–Kier alpha value is -2.34. The molecule has 2 atom stereocenters. The predicted octanol–water partition coefficient (Wildman–Crippen LogP) is 2.51. The Bertz CT molecular complexity index is 973. The Morgan fingerprint density at radius 3 is 2.54 bits per heavy atom. The highest BCUT2D eigenvalue weighted by atomic mass is 16.5. The van der Waals surface area contributed by atoms with Crippen LogP contribution >= 0.6 is 0 Å². The molecular weight excluding hydrogens is 354 g/mol. The van der Waals surface area contributed by atoms with Crippen molar-refractivity contribution in [1.29, 1.82) is 0 Å². The number of hydrogen-bond donors (Lipinski definition) is 0. The van der Waals surface area contributed by atoms with Crippen LogP contribution < -0.4 is 5.56 Å². The van der Waals surface area contributed by atoms with Gasteiger partial charge in [0.05, 0.1) is 23.8 Å². The number of likely N-dealkylation sites (tertiary alicyclic amines) is 1. The molecule has 2 aromatic rings. The van der Waals surface area contributed by atoms with Gasteiger partial charge in [-0.25, -0.2) is 4.68 Å².